The van der Waals surface area contributed by atoms with Crippen molar-refractivity contribution < 1.29 is 8.78 Å². The van der Waals surface area contributed by atoms with Crippen molar-refractivity contribution in [2.24, 2.45) is 0 Å². The van der Waals surface area contributed by atoms with Crippen LogP contribution in [0, 0.1) is 13.8 Å². The first kappa shape index (κ1) is 9.17. The normalized spacial score (nSPS) is 11.8. The molecule has 0 aliphatic carbocycles. The monoisotopic (exact) mass is 170 g/mol. The lowest BCUT2D eigenvalue weighted by atomic mass is 9.98. The summed E-state index contributed by atoms with van der Waals surface area (Å²) in [6.45, 7) is 4.35. The van der Waals surface area contributed by atoms with E-state index in [1.165, 1.54) is 0 Å². The van der Waals surface area contributed by atoms with Gasteiger partial charge < -0.3 is 0 Å². The molecule has 1 aromatic rings. The van der Waals surface area contributed by atoms with Gasteiger partial charge in [0.2, 0.25) is 0 Å². The van der Waals surface area contributed by atoms with Gasteiger partial charge in [0.05, 0.1) is 0 Å². The van der Waals surface area contributed by atoms with E-state index in [-0.39, 0.29) is 5.56 Å². The highest BCUT2D eigenvalue weighted by Crippen LogP contribution is 2.31. The molecule has 0 N–H and O–H groups in total. The van der Waals surface area contributed by atoms with Crippen LogP contribution in [0.5, 0.6) is 0 Å². The van der Waals surface area contributed by atoms with Gasteiger partial charge in [-0.15, -0.1) is 0 Å². The van der Waals surface area contributed by atoms with E-state index in [0.717, 1.165) is 6.92 Å². The number of hydrogen-bond acceptors (Lipinski definition) is 0. The van der Waals surface area contributed by atoms with Gasteiger partial charge in [-0.05, 0) is 25.0 Å². The fraction of sp³-hybridized carbons (Fsp3) is 0.400. The van der Waals surface area contributed by atoms with Crippen LogP contribution in [-0.4, -0.2) is 0 Å². The first-order valence-electron chi connectivity index (χ1n) is 3.87. The molecule has 0 bridgehead atoms. The van der Waals surface area contributed by atoms with E-state index in [9.17, 15) is 8.78 Å². The Balaban J connectivity index is 3.31. The molecule has 66 valence electrons. The summed E-state index contributed by atoms with van der Waals surface area (Å²) in [5.74, 6) is -2.73. The Morgan fingerprint density at radius 1 is 1.08 bits per heavy atom. The van der Waals surface area contributed by atoms with E-state index in [0.29, 0.717) is 11.1 Å². The highest BCUT2D eigenvalue weighted by atomic mass is 19.3. The van der Waals surface area contributed by atoms with Gasteiger partial charge >= 0.3 is 0 Å². The van der Waals surface area contributed by atoms with Crippen LogP contribution >= 0.6 is 0 Å². The highest BCUT2D eigenvalue weighted by molar-refractivity contribution is 5.36. The van der Waals surface area contributed by atoms with Crippen molar-refractivity contribution in [1.29, 1.82) is 0 Å². The Morgan fingerprint density at radius 2 is 1.50 bits per heavy atom. The van der Waals surface area contributed by atoms with Crippen LogP contribution in [0.15, 0.2) is 18.2 Å². The Labute approximate surface area is 71.2 Å². The lowest BCUT2D eigenvalue weighted by Gasteiger charge is -2.16. The molecule has 0 heterocycles. The maximum absolute atomic E-state index is 13.0. The maximum atomic E-state index is 13.0. The number of hydrogen-bond donors (Lipinski definition) is 0. The molecule has 0 aliphatic heterocycles. The molecule has 2 heteroatoms. The van der Waals surface area contributed by atoms with Gasteiger partial charge in [-0.3, -0.25) is 0 Å². The van der Waals surface area contributed by atoms with Crippen LogP contribution in [0.3, 0.4) is 0 Å². The number of aryl methyl sites for hydroxylation is 2. The van der Waals surface area contributed by atoms with Crippen LogP contribution in [0.2, 0.25) is 0 Å². The van der Waals surface area contributed by atoms with Crippen molar-refractivity contribution in [3.05, 3.63) is 34.9 Å². The summed E-state index contributed by atoms with van der Waals surface area (Å²) in [5, 5.41) is 0. The Hall–Kier alpha value is -0.920. The minimum atomic E-state index is -2.73. The molecule has 0 spiro atoms. The van der Waals surface area contributed by atoms with Crippen molar-refractivity contribution in [3.63, 3.8) is 0 Å². The summed E-state index contributed by atoms with van der Waals surface area (Å²) in [5.41, 5.74) is 1.47. The summed E-state index contributed by atoms with van der Waals surface area (Å²) in [6.07, 6.45) is 0. The van der Waals surface area contributed by atoms with E-state index in [1.54, 1.807) is 32.0 Å². The molecule has 0 unspecified atom stereocenters. The topological polar surface area (TPSA) is 0 Å². The second-order valence-corrected chi connectivity index (χ2v) is 3.16. The second-order valence-electron chi connectivity index (χ2n) is 3.16. The Bertz CT molecular complexity index is 264. The summed E-state index contributed by atoms with van der Waals surface area (Å²) in [7, 11) is 0. The lowest BCUT2D eigenvalue weighted by molar-refractivity contribution is 0.0162. The molecule has 0 fully saturated rings. The third-order valence-corrected chi connectivity index (χ3v) is 1.92. The molecule has 1 aromatic carbocycles. The molecule has 0 nitrogen and oxygen atoms in total. The van der Waals surface area contributed by atoms with Crippen LogP contribution in [0.1, 0.15) is 23.6 Å². The van der Waals surface area contributed by atoms with Crippen molar-refractivity contribution in [2.75, 3.05) is 0 Å². The molecule has 0 saturated carbocycles. The van der Waals surface area contributed by atoms with Gasteiger partial charge in [0.25, 0.3) is 5.92 Å². The fourth-order valence-corrected chi connectivity index (χ4v) is 1.51. The summed E-state index contributed by atoms with van der Waals surface area (Å²) in [4.78, 5) is 0. The van der Waals surface area contributed by atoms with Gasteiger partial charge in [-0.1, -0.05) is 18.2 Å². The SMILES string of the molecule is Cc1cccc(C)c1C(C)(F)F. The van der Waals surface area contributed by atoms with E-state index >= 15 is 0 Å². The van der Waals surface area contributed by atoms with Crippen LogP contribution in [0.25, 0.3) is 0 Å². The first-order valence-corrected chi connectivity index (χ1v) is 3.87. The van der Waals surface area contributed by atoms with Crippen molar-refractivity contribution in [3.8, 4) is 0 Å². The molecular weight excluding hydrogens is 158 g/mol. The lowest BCUT2D eigenvalue weighted by Crippen LogP contribution is -2.11. The molecule has 0 amide bonds. The van der Waals surface area contributed by atoms with E-state index in [4.69, 9.17) is 0 Å². The van der Waals surface area contributed by atoms with Crippen molar-refractivity contribution >= 4 is 0 Å². The van der Waals surface area contributed by atoms with Crippen LogP contribution in [-0.2, 0) is 5.92 Å². The van der Waals surface area contributed by atoms with Gasteiger partial charge in [0.15, 0.2) is 0 Å². The molecule has 0 saturated heterocycles. The number of rotatable bonds is 1. The molecule has 12 heavy (non-hydrogen) atoms. The van der Waals surface area contributed by atoms with Crippen LogP contribution in [0.4, 0.5) is 8.78 Å². The predicted octanol–water partition coefficient (Wildman–Crippen LogP) is 3.42. The Morgan fingerprint density at radius 3 is 1.75 bits per heavy atom. The minimum absolute atomic E-state index is 0.157. The number of alkyl halides is 2. The minimum Gasteiger partial charge on any atom is -0.202 e. The maximum Gasteiger partial charge on any atom is 0.271 e. The first-order chi connectivity index (χ1) is 5.43. The largest absolute Gasteiger partial charge is 0.271 e. The molecule has 0 aliphatic rings. The zero-order chi connectivity index (χ0) is 9.35. The average molecular weight is 170 g/mol. The average Bonchev–Trinajstić information content (AvgIpc) is 1.82. The predicted molar refractivity (Wildman–Crippen MR) is 45.5 cm³/mol. The highest BCUT2D eigenvalue weighted by Gasteiger charge is 2.27. The van der Waals surface area contributed by atoms with Gasteiger partial charge in [-0.25, -0.2) is 8.78 Å². The van der Waals surface area contributed by atoms with E-state index in [1.807, 2.05) is 0 Å². The van der Waals surface area contributed by atoms with E-state index in [2.05, 4.69) is 0 Å². The summed E-state index contributed by atoms with van der Waals surface area (Å²) in [6, 6.07) is 5.21. The number of benzene rings is 1. The van der Waals surface area contributed by atoms with Gasteiger partial charge in [0, 0.05) is 12.5 Å². The molecule has 0 radical (unpaired) electrons. The van der Waals surface area contributed by atoms with Crippen molar-refractivity contribution in [1.82, 2.24) is 0 Å². The molecular formula is C10H12F2. The standard InChI is InChI=1S/C10H12F2/c1-7-5-4-6-8(2)9(7)10(3,11)12/h4-6H,1-3H3. The summed E-state index contributed by atoms with van der Waals surface area (Å²) < 4.78 is 26.0. The fourth-order valence-electron chi connectivity index (χ4n) is 1.51. The quantitative estimate of drug-likeness (QED) is 0.605. The molecule has 0 atom stereocenters. The summed E-state index contributed by atoms with van der Waals surface area (Å²) >= 11 is 0. The van der Waals surface area contributed by atoms with Crippen molar-refractivity contribution in [2.45, 2.75) is 26.7 Å². The molecule has 1 rings (SSSR count). The van der Waals surface area contributed by atoms with Gasteiger partial charge in [-0.2, -0.15) is 0 Å². The number of halogens is 2. The Kier molecular flexibility index (Phi) is 2.18. The smallest absolute Gasteiger partial charge is 0.202 e. The van der Waals surface area contributed by atoms with Crippen LogP contribution < -0.4 is 0 Å². The zero-order valence-corrected chi connectivity index (χ0v) is 7.49. The second kappa shape index (κ2) is 2.85. The molecule has 0 aromatic heterocycles. The third kappa shape index (κ3) is 1.63. The van der Waals surface area contributed by atoms with Gasteiger partial charge in [0.1, 0.15) is 0 Å². The zero-order valence-electron chi connectivity index (χ0n) is 7.49. The third-order valence-electron chi connectivity index (χ3n) is 1.92. The van der Waals surface area contributed by atoms with E-state index < -0.39 is 5.92 Å².